The molecule has 1 atom stereocenters. The summed E-state index contributed by atoms with van der Waals surface area (Å²) in [7, 11) is 1.56. The maximum Gasteiger partial charge on any atom is 0.261 e. The van der Waals surface area contributed by atoms with Gasteiger partial charge in [-0.1, -0.05) is 13.8 Å². The summed E-state index contributed by atoms with van der Waals surface area (Å²) < 4.78 is 4.99. The van der Waals surface area contributed by atoms with Crippen molar-refractivity contribution >= 4 is 17.2 Å². The molecule has 1 rings (SSSR count). The van der Waals surface area contributed by atoms with E-state index in [-0.39, 0.29) is 18.4 Å². The van der Waals surface area contributed by atoms with Crippen LogP contribution < -0.4 is 10.1 Å². The van der Waals surface area contributed by atoms with Crippen LogP contribution in [-0.4, -0.2) is 30.8 Å². The molecule has 0 aliphatic rings. The average Bonchev–Trinajstić information content (AvgIpc) is 2.73. The van der Waals surface area contributed by atoms with Crippen LogP contribution in [0, 0.1) is 5.92 Å². The highest BCUT2D eigenvalue weighted by Gasteiger charge is 2.13. The van der Waals surface area contributed by atoms with Gasteiger partial charge in [0.15, 0.2) is 0 Å². The third kappa shape index (κ3) is 3.50. The Hall–Kier alpha value is -1.07. The lowest BCUT2D eigenvalue weighted by Crippen LogP contribution is -2.34. The summed E-state index contributed by atoms with van der Waals surface area (Å²) in [4.78, 5) is 12.2. The van der Waals surface area contributed by atoms with Gasteiger partial charge in [0.25, 0.3) is 5.91 Å². The molecule has 0 spiro atoms. The molecule has 0 fully saturated rings. The first-order valence-electron chi connectivity index (χ1n) is 5.13. The van der Waals surface area contributed by atoms with E-state index in [2.05, 4.69) is 5.32 Å². The van der Waals surface area contributed by atoms with Crippen LogP contribution in [0.2, 0.25) is 0 Å². The van der Waals surface area contributed by atoms with E-state index in [9.17, 15) is 9.90 Å². The highest BCUT2D eigenvalue weighted by Crippen LogP contribution is 2.20. The maximum atomic E-state index is 11.6. The van der Waals surface area contributed by atoms with Crippen molar-refractivity contribution in [3.05, 3.63) is 16.3 Å². The van der Waals surface area contributed by atoms with Gasteiger partial charge in [-0.25, -0.2) is 0 Å². The molecule has 0 aliphatic carbocycles. The number of rotatable bonds is 5. The molecule has 0 aliphatic heterocycles. The number of nitrogens with one attached hydrogen (secondary N) is 1. The van der Waals surface area contributed by atoms with Gasteiger partial charge in [0, 0.05) is 18.0 Å². The lowest BCUT2D eigenvalue weighted by molar-refractivity contribution is 0.0875. The predicted molar refractivity (Wildman–Crippen MR) is 64.0 cm³/mol. The van der Waals surface area contributed by atoms with E-state index < -0.39 is 6.10 Å². The van der Waals surface area contributed by atoms with Crippen molar-refractivity contribution in [3.63, 3.8) is 0 Å². The van der Waals surface area contributed by atoms with Crippen molar-refractivity contribution in [3.8, 4) is 5.75 Å². The number of methoxy groups -OCH3 is 1. The second-order valence-corrected chi connectivity index (χ2v) is 4.78. The zero-order valence-electron chi connectivity index (χ0n) is 9.69. The summed E-state index contributed by atoms with van der Waals surface area (Å²) in [6.07, 6.45) is -0.509. The fraction of sp³-hybridized carbons (Fsp3) is 0.545. The molecule has 1 amide bonds. The Labute approximate surface area is 99.2 Å². The monoisotopic (exact) mass is 243 g/mol. The Morgan fingerprint density at radius 3 is 2.81 bits per heavy atom. The molecule has 0 saturated heterocycles. The largest absolute Gasteiger partial charge is 0.496 e. The van der Waals surface area contributed by atoms with Crippen LogP contribution in [-0.2, 0) is 0 Å². The number of amides is 1. The molecule has 1 aromatic rings. The van der Waals surface area contributed by atoms with E-state index in [1.54, 1.807) is 18.6 Å². The van der Waals surface area contributed by atoms with Crippen molar-refractivity contribution in [1.29, 1.82) is 0 Å². The van der Waals surface area contributed by atoms with E-state index in [1.165, 1.54) is 11.3 Å². The van der Waals surface area contributed by atoms with Crippen molar-refractivity contribution in [1.82, 2.24) is 5.32 Å². The standard InChI is InChI=1S/C11H17NO3S/c1-7(2)9(13)5-12-11(14)10-4-8(15-3)6-16-10/h4,6-7,9,13H,5H2,1-3H3,(H,12,14). The smallest absolute Gasteiger partial charge is 0.261 e. The third-order valence-corrected chi connectivity index (χ3v) is 3.18. The molecular formula is C11H17NO3S. The number of thiophene rings is 1. The number of hydrogen-bond acceptors (Lipinski definition) is 4. The van der Waals surface area contributed by atoms with Crippen LogP contribution >= 0.6 is 11.3 Å². The predicted octanol–water partition coefficient (Wildman–Crippen LogP) is 1.50. The third-order valence-electron chi connectivity index (χ3n) is 2.28. The summed E-state index contributed by atoms with van der Waals surface area (Å²) in [5.74, 6) is 0.644. The fourth-order valence-corrected chi connectivity index (χ4v) is 1.84. The van der Waals surface area contributed by atoms with E-state index >= 15 is 0 Å². The Morgan fingerprint density at radius 1 is 1.62 bits per heavy atom. The van der Waals surface area contributed by atoms with E-state index in [0.29, 0.717) is 10.6 Å². The summed E-state index contributed by atoms with van der Waals surface area (Å²) in [5.41, 5.74) is 0. The summed E-state index contributed by atoms with van der Waals surface area (Å²) in [6.45, 7) is 4.09. The van der Waals surface area contributed by atoms with Crippen LogP contribution in [0.3, 0.4) is 0 Å². The molecule has 90 valence electrons. The van der Waals surface area contributed by atoms with Gasteiger partial charge in [-0.3, -0.25) is 4.79 Å². The SMILES string of the molecule is COc1csc(C(=O)NCC(O)C(C)C)c1. The van der Waals surface area contributed by atoms with Crippen LogP contribution in [0.1, 0.15) is 23.5 Å². The van der Waals surface area contributed by atoms with Crippen molar-refractivity contribution in [2.45, 2.75) is 20.0 Å². The van der Waals surface area contributed by atoms with Crippen LogP contribution in [0.25, 0.3) is 0 Å². The Kier molecular flexibility index (Phi) is 4.76. The lowest BCUT2D eigenvalue weighted by Gasteiger charge is -2.14. The summed E-state index contributed by atoms with van der Waals surface area (Å²) in [6, 6.07) is 1.68. The van der Waals surface area contributed by atoms with Gasteiger partial charge < -0.3 is 15.2 Å². The number of hydrogen-bond donors (Lipinski definition) is 2. The normalized spacial score (nSPS) is 12.6. The Bertz CT molecular complexity index is 349. The highest BCUT2D eigenvalue weighted by molar-refractivity contribution is 7.12. The highest BCUT2D eigenvalue weighted by atomic mass is 32.1. The van der Waals surface area contributed by atoms with Crippen molar-refractivity contribution < 1.29 is 14.6 Å². The molecule has 1 aromatic heterocycles. The first-order chi connectivity index (χ1) is 7.54. The second kappa shape index (κ2) is 5.86. The quantitative estimate of drug-likeness (QED) is 0.824. The van der Waals surface area contributed by atoms with E-state index in [0.717, 1.165) is 0 Å². The topological polar surface area (TPSA) is 58.6 Å². The number of carbonyl (C=O) groups is 1. The van der Waals surface area contributed by atoms with E-state index in [1.807, 2.05) is 13.8 Å². The van der Waals surface area contributed by atoms with Gasteiger partial charge in [-0.15, -0.1) is 11.3 Å². The molecule has 0 radical (unpaired) electrons. The molecule has 0 saturated carbocycles. The lowest BCUT2D eigenvalue weighted by atomic mass is 10.1. The van der Waals surface area contributed by atoms with Gasteiger partial charge in [-0.05, 0) is 5.92 Å². The molecule has 0 bridgehead atoms. The van der Waals surface area contributed by atoms with Crippen LogP contribution in [0.5, 0.6) is 5.75 Å². The molecule has 2 N–H and O–H groups in total. The van der Waals surface area contributed by atoms with Gasteiger partial charge >= 0.3 is 0 Å². The van der Waals surface area contributed by atoms with Gasteiger partial charge in [-0.2, -0.15) is 0 Å². The van der Waals surface area contributed by atoms with Crippen molar-refractivity contribution in [2.24, 2.45) is 5.92 Å². The molecule has 5 heteroatoms. The Morgan fingerprint density at radius 2 is 2.31 bits per heavy atom. The number of aliphatic hydroxyl groups is 1. The Balaban J connectivity index is 2.46. The van der Waals surface area contributed by atoms with Gasteiger partial charge in [0.1, 0.15) is 5.75 Å². The number of carbonyl (C=O) groups excluding carboxylic acids is 1. The minimum Gasteiger partial charge on any atom is -0.496 e. The minimum absolute atomic E-state index is 0.137. The minimum atomic E-state index is -0.509. The summed E-state index contributed by atoms with van der Waals surface area (Å²) in [5, 5.41) is 14.0. The molecule has 1 heterocycles. The maximum absolute atomic E-state index is 11.6. The molecule has 16 heavy (non-hydrogen) atoms. The van der Waals surface area contributed by atoms with Gasteiger partial charge in [0.2, 0.25) is 0 Å². The first kappa shape index (κ1) is 13.0. The van der Waals surface area contributed by atoms with Crippen LogP contribution in [0.15, 0.2) is 11.4 Å². The first-order valence-corrected chi connectivity index (χ1v) is 6.01. The molecular weight excluding hydrogens is 226 g/mol. The molecule has 0 aromatic carbocycles. The summed E-state index contributed by atoms with van der Waals surface area (Å²) >= 11 is 1.32. The second-order valence-electron chi connectivity index (χ2n) is 3.87. The average molecular weight is 243 g/mol. The van der Waals surface area contributed by atoms with Gasteiger partial charge in [0.05, 0.1) is 18.1 Å². The van der Waals surface area contributed by atoms with E-state index in [4.69, 9.17) is 4.74 Å². The number of ether oxygens (including phenoxy) is 1. The fourth-order valence-electron chi connectivity index (χ4n) is 1.06. The zero-order valence-corrected chi connectivity index (χ0v) is 10.5. The zero-order chi connectivity index (χ0) is 12.1. The van der Waals surface area contributed by atoms with Crippen LogP contribution in [0.4, 0.5) is 0 Å². The van der Waals surface area contributed by atoms with Crippen molar-refractivity contribution in [2.75, 3.05) is 13.7 Å². The number of aliphatic hydroxyl groups excluding tert-OH is 1. The molecule has 4 nitrogen and oxygen atoms in total. The molecule has 1 unspecified atom stereocenters.